The number of nitrogens with zero attached hydrogens (tertiary/aromatic N) is 3. The molecular formula is C23H27N3O2. The summed E-state index contributed by atoms with van der Waals surface area (Å²) in [5.41, 5.74) is 0.856. The zero-order valence-electron chi connectivity index (χ0n) is 16.2. The molecule has 0 N–H and O–H groups in total. The van der Waals surface area contributed by atoms with Crippen molar-refractivity contribution in [1.29, 1.82) is 0 Å². The van der Waals surface area contributed by atoms with E-state index in [1.54, 1.807) is 0 Å². The van der Waals surface area contributed by atoms with E-state index >= 15 is 0 Å². The Bertz CT molecular complexity index is 855. The minimum absolute atomic E-state index is 0.0505. The van der Waals surface area contributed by atoms with Crippen molar-refractivity contribution in [3.8, 4) is 11.4 Å². The zero-order chi connectivity index (χ0) is 18.7. The minimum Gasteiger partial charge on any atom is -0.337 e. The molecule has 4 saturated carbocycles. The van der Waals surface area contributed by atoms with Crippen molar-refractivity contribution in [3.05, 3.63) is 36.2 Å². The van der Waals surface area contributed by atoms with Gasteiger partial charge < -0.3 is 9.42 Å². The van der Waals surface area contributed by atoms with Gasteiger partial charge in [0.1, 0.15) is 6.04 Å². The van der Waals surface area contributed by atoms with Crippen molar-refractivity contribution in [2.75, 3.05) is 6.54 Å². The number of hydrogen-bond acceptors (Lipinski definition) is 4. The maximum atomic E-state index is 13.8. The third kappa shape index (κ3) is 2.55. The van der Waals surface area contributed by atoms with Gasteiger partial charge in [-0.15, -0.1) is 0 Å². The lowest BCUT2D eigenvalue weighted by molar-refractivity contribution is -0.159. The Labute approximate surface area is 165 Å². The summed E-state index contributed by atoms with van der Waals surface area (Å²) in [6, 6.07) is 9.86. The molecule has 7 rings (SSSR count). The summed E-state index contributed by atoms with van der Waals surface area (Å²) in [6.45, 7) is 0.828. The molecule has 2 aromatic rings. The van der Waals surface area contributed by atoms with Gasteiger partial charge >= 0.3 is 0 Å². The maximum Gasteiger partial charge on any atom is 0.249 e. The van der Waals surface area contributed by atoms with Crippen molar-refractivity contribution in [2.45, 2.75) is 57.4 Å². The first-order valence-corrected chi connectivity index (χ1v) is 10.9. The van der Waals surface area contributed by atoms with Gasteiger partial charge in [0.15, 0.2) is 0 Å². The Morgan fingerprint density at radius 2 is 1.71 bits per heavy atom. The van der Waals surface area contributed by atoms with Gasteiger partial charge in [0.05, 0.1) is 5.41 Å². The number of benzene rings is 1. The van der Waals surface area contributed by atoms with Crippen molar-refractivity contribution in [3.63, 3.8) is 0 Å². The molecule has 4 bridgehead atoms. The van der Waals surface area contributed by atoms with Crippen molar-refractivity contribution in [1.82, 2.24) is 15.0 Å². The number of likely N-dealkylation sites (tertiary alicyclic amines) is 1. The number of aromatic nitrogens is 2. The van der Waals surface area contributed by atoms with Crippen LogP contribution >= 0.6 is 0 Å². The Balaban J connectivity index is 1.27. The van der Waals surface area contributed by atoms with Gasteiger partial charge in [0.2, 0.25) is 17.6 Å². The van der Waals surface area contributed by atoms with E-state index in [9.17, 15) is 4.79 Å². The standard InChI is InChI=1S/C23H27N3O2/c27-22(23-12-15-9-16(13-23)11-17(10-15)14-23)26-8-4-7-19(26)21-24-20(25-28-21)18-5-2-1-3-6-18/h1-3,5-6,15-17,19H,4,7-14H2. The monoisotopic (exact) mass is 377 g/mol. The van der Waals surface area contributed by atoms with E-state index in [-0.39, 0.29) is 11.5 Å². The second-order valence-corrected chi connectivity index (χ2v) is 9.68. The molecule has 1 amide bonds. The van der Waals surface area contributed by atoms with Crippen LogP contribution in [0.2, 0.25) is 0 Å². The van der Waals surface area contributed by atoms with Gasteiger partial charge in [-0.2, -0.15) is 4.98 Å². The summed E-state index contributed by atoms with van der Waals surface area (Å²) in [5, 5.41) is 4.19. The van der Waals surface area contributed by atoms with Gasteiger partial charge in [0, 0.05) is 12.1 Å². The smallest absolute Gasteiger partial charge is 0.249 e. The van der Waals surface area contributed by atoms with Gasteiger partial charge in [-0.1, -0.05) is 35.5 Å². The minimum atomic E-state index is -0.0976. The SMILES string of the molecule is O=C(N1CCCC1c1nc(-c2ccccc2)no1)C12CC3CC(CC(C3)C1)C2. The van der Waals surface area contributed by atoms with E-state index < -0.39 is 0 Å². The molecule has 2 heterocycles. The van der Waals surface area contributed by atoms with Crippen LogP contribution in [0.5, 0.6) is 0 Å². The molecule has 5 nitrogen and oxygen atoms in total. The van der Waals surface area contributed by atoms with Crippen molar-refractivity contribution in [2.24, 2.45) is 23.2 Å². The fourth-order valence-electron chi connectivity index (χ4n) is 7.02. The Morgan fingerprint density at radius 1 is 1.04 bits per heavy atom. The highest BCUT2D eigenvalue weighted by atomic mass is 16.5. The van der Waals surface area contributed by atoms with E-state index in [2.05, 4.69) is 15.0 Å². The van der Waals surface area contributed by atoms with Gasteiger partial charge in [-0.25, -0.2) is 0 Å². The van der Waals surface area contributed by atoms with E-state index in [1.165, 1.54) is 19.3 Å². The predicted molar refractivity (Wildman–Crippen MR) is 104 cm³/mol. The number of hydrogen-bond donors (Lipinski definition) is 0. The molecule has 1 aromatic carbocycles. The van der Waals surface area contributed by atoms with Gasteiger partial charge in [-0.3, -0.25) is 4.79 Å². The summed E-state index contributed by atoms with van der Waals surface area (Å²) in [4.78, 5) is 20.6. The molecule has 28 heavy (non-hydrogen) atoms. The highest BCUT2D eigenvalue weighted by Gasteiger charge is 2.56. The fourth-order valence-corrected chi connectivity index (χ4v) is 7.02. The quantitative estimate of drug-likeness (QED) is 0.783. The average Bonchev–Trinajstić information content (AvgIpc) is 3.36. The molecule has 146 valence electrons. The van der Waals surface area contributed by atoms with Crippen LogP contribution in [0.25, 0.3) is 11.4 Å². The average molecular weight is 377 g/mol. The maximum absolute atomic E-state index is 13.8. The van der Waals surface area contributed by atoms with Crippen LogP contribution in [0, 0.1) is 23.2 Å². The van der Waals surface area contributed by atoms with Crippen molar-refractivity contribution < 1.29 is 9.32 Å². The molecule has 0 spiro atoms. The molecule has 5 fully saturated rings. The fraction of sp³-hybridized carbons (Fsp3) is 0.609. The first kappa shape index (κ1) is 16.8. The van der Waals surface area contributed by atoms with Crippen LogP contribution < -0.4 is 0 Å². The lowest BCUT2D eigenvalue weighted by atomic mass is 9.49. The third-order valence-electron chi connectivity index (χ3n) is 7.76. The summed E-state index contributed by atoms with van der Waals surface area (Å²) >= 11 is 0. The van der Waals surface area contributed by atoms with Crippen molar-refractivity contribution >= 4 is 5.91 Å². The van der Waals surface area contributed by atoms with Crippen LogP contribution in [-0.4, -0.2) is 27.5 Å². The summed E-state index contributed by atoms with van der Waals surface area (Å²) in [5.74, 6) is 3.95. The van der Waals surface area contributed by atoms with Crippen LogP contribution in [0.15, 0.2) is 34.9 Å². The molecule has 1 unspecified atom stereocenters. The number of carbonyl (C=O) groups is 1. The summed E-state index contributed by atoms with van der Waals surface area (Å²) < 4.78 is 5.65. The number of carbonyl (C=O) groups excluding carboxylic acids is 1. The lowest BCUT2D eigenvalue weighted by Gasteiger charge is -2.56. The van der Waals surface area contributed by atoms with E-state index in [0.717, 1.165) is 62.0 Å². The summed E-state index contributed by atoms with van der Waals surface area (Å²) in [7, 11) is 0. The topological polar surface area (TPSA) is 59.2 Å². The molecule has 1 aromatic heterocycles. The lowest BCUT2D eigenvalue weighted by Crippen LogP contribution is -2.54. The van der Waals surface area contributed by atoms with Crippen LogP contribution in [0.4, 0.5) is 0 Å². The van der Waals surface area contributed by atoms with E-state index in [4.69, 9.17) is 4.52 Å². The number of rotatable bonds is 3. The molecule has 1 aliphatic heterocycles. The van der Waals surface area contributed by atoms with E-state index in [1.807, 2.05) is 30.3 Å². The van der Waals surface area contributed by atoms with Gasteiger partial charge in [-0.05, 0) is 69.1 Å². The Kier molecular flexibility index (Phi) is 3.69. The first-order chi connectivity index (χ1) is 13.7. The molecule has 0 radical (unpaired) electrons. The highest BCUT2D eigenvalue weighted by Crippen LogP contribution is 2.61. The third-order valence-corrected chi connectivity index (χ3v) is 7.76. The van der Waals surface area contributed by atoms with Crippen LogP contribution in [-0.2, 0) is 4.79 Å². The Morgan fingerprint density at radius 3 is 2.39 bits per heavy atom. The second-order valence-electron chi connectivity index (χ2n) is 9.68. The second kappa shape index (κ2) is 6.16. The van der Waals surface area contributed by atoms with Crippen LogP contribution in [0.3, 0.4) is 0 Å². The largest absolute Gasteiger partial charge is 0.337 e. The molecule has 5 aliphatic rings. The van der Waals surface area contributed by atoms with Gasteiger partial charge in [0.25, 0.3) is 0 Å². The first-order valence-electron chi connectivity index (χ1n) is 10.9. The normalized spacial score (nSPS) is 36.2. The Hall–Kier alpha value is -2.17. The summed E-state index contributed by atoms with van der Waals surface area (Å²) in [6.07, 6.45) is 9.36. The molecule has 5 heteroatoms. The molecular weight excluding hydrogens is 350 g/mol. The molecule has 1 atom stereocenters. The predicted octanol–water partition coefficient (Wildman–Crippen LogP) is 4.62. The number of amides is 1. The van der Waals surface area contributed by atoms with E-state index in [0.29, 0.717) is 17.6 Å². The van der Waals surface area contributed by atoms with Crippen LogP contribution in [0.1, 0.15) is 63.3 Å². The molecule has 4 aliphatic carbocycles. The zero-order valence-corrected chi connectivity index (χ0v) is 16.2. The highest BCUT2D eigenvalue weighted by molar-refractivity contribution is 5.84. The molecule has 1 saturated heterocycles.